The lowest BCUT2D eigenvalue weighted by molar-refractivity contribution is -0.144. The molecule has 0 radical (unpaired) electrons. The van der Waals surface area contributed by atoms with Crippen molar-refractivity contribution in [3.63, 3.8) is 0 Å². The normalized spacial score (nSPS) is 28.2. The van der Waals surface area contributed by atoms with Crippen molar-refractivity contribution < 1.29 is 18.7 Å². The predicted octanol–water partition coefficient (Wildman–Crippen LogP) is 2.49. The van der Waals surface area contributed by atoms with E-state index in [1.165, 1.54) is 12.5 Å². The summed E-state index contributed by atoms with van der Waals surface area (Å²) >= 11 is 0. The summed E-state index contributed by atoms with van der Waals surface area (Å²) < 4.78 is 16.7. The van der Waals surface area contributed by atoms with Crippen LogP contribution in [0.3, 0.4) is 0 Å². The molecular formula is C17H23NO4. The second-order valence-electron chi connectivity index (χ2n) is 6.16. The lowest BCUT2D eigenvalue weighted by atomic mass is 9.73. The quantitative estimate of drug-likeness (QED) is 0.619. The van der Waals surface area contributed by atoms with Crippen LogP contribution in [0.25, 0.3) is 0 Å². The van der Waals surface area contributed by atoms with Gasteiger partial charge in [-0.1, -0.05) is 6.08 Å². The fourth-order valence-corrected chi connectivity index (χ4v) is 3.59. The van der Waals surface area contributed by atoms with Gasteiger partial charge in [-0.2, -0.15) is 0 Å². The maximum Gasteiger partial charge on any atom is 0.257 e. The van der Waals surface area contributed by atoms with E-state index in [2.05, 4.69) is 6.58 Å². The van der Waals surface area contributed by atoms with Gasteiger partial charge in [0.05, 0.1) is 31.1 Å². The van der Waals surface area contributed by atoms with E-state index in [1.807, 2.05) is 4.90 Å². The molecule has 5 heteroatoms. The lowest BCUT2D eigenvalue weighted by Crippen LogP contribution is -2.58. The van der Waals surface area contributed by atoms with Crippen molar-refractivity contribution in [3.8, 4) is 0 Å². The Hall–Kier alpha value is -1.59. The van der Waals surface area contributed by atoms with Crippen molar-refractivity contribution in [2.75, 3.05) is 32.9 Å². The molecule has 22 heavy (non-hydrogen) atoms. The number of nitrogens with zero attached hydrogens (tertiary/aromatic N) is 1. The van der Waals surface area contributed by atoms with Gasteiger partial charge in [0, 0.05) is 25.1 Å². The Morgan fingerprint density at radius 2 is 2.50 bits per heavy atom. The number of hydrogen-bond donors (Lipinski definition) is 0. The van der Waals surface area contributed by atoms with Crippen LogP contribution in [0.15, 0.2) is 35.7 Å². The minimum atomic E-state index is -0.0983. The Kier molecular flexibility index (Phi) is 4.64. The standard InChI is InChI=1S/C17H23NO4/c1-2-8-21-13-17-6-3-9-22-15(17)4-7-18(12-17)16(19)14-5-10-20-11-14/h2,5,10-11,15H,1,3-4,6-9,12-13H2/t15-,17-/m0/s1. The van der Waals surface area contributed by atoms with Crippen LogP contribution in [0, 0.1) is 5.41 Å². The SMILES string of the molecule is C=CCOC[C@@]12CCCO[C@H]1CCN(C(=O)c1ccoc1)C2. The molecule has 0 aliphatic carbocycles. The number of piperidine rings is 1. The first-order valence-corrected chi connectivity index (χ1v) is 7.87. The number of rotatable bonds is 5. The highest BCUT2D eigenvalue weighted by Crippen LogP contribution is 2.40. The van der Waals surface area contributed by atoms with Crippen LogP contribution in [0.1, 0.15) is 29.6 Å². The predicted molar refractivity (Wildman–Crippen MR) is 81.7 cm³/mol. The molecule has 0 N–H and O–H groups in total. The van der Waals surface area contributed by atoms with E-state index < -0.39 is 0 Å². The molecule has 3 heterocycles. The van der Waals surface area contributed by atoms with Gasteiger partial charge in [-0.3, -0.25) is 4.79 Å². The van der Waals surface area contributed by atoms with Gasteiger partial charge in [-0.05, 0) is 25.3 Å². The number of carbonyl (C=O) groups is 1. The molecule has 5 nitrogen and oxygen atoms in total. The number of carbonyl (C=O) groups excluding carboxylic acids is 1. The van der Waals surface area contributed by atoms with E-state index in [9.17, 15) is 4.79 Å². The summed E-state index contributed by atoms with van der Waals surface area (Å²) in [6.07, 6.45) is 7.89. The van der Waals surface area contributed by atoms with Crippen LogP contribution in [0.4, 0.5) is 0 Å². The molecule has 0 unspecified atom stereocenters. The minimum absolute atomic E-state index is 0.0286. The van der Waals surface area contributed by atoms with Gasteiger partial charge < -0.3 is 18.8 Å². The number of fused-ring (bicyclic) bond motifs is 1. The van der Waals surface area contributed by atoms with E-state index in [0.717, 1.165) is 32.4 Å². The molecule has 0 aromatic carbocycles. The van der Waals surface area contributed by atoms with E-state index in [1.54, 1.807) is 12.1 Å². The average Bonchev–Trinajstić information content (AvgIpc) is 3.08. The van der Waals surface area contributed by atoms with E-state index in [-0.39, 0.29) is 17.4 Å². The maximum absolute atomic E-state index is 12.6. The monoisotopic (exact) mass is 305 g/mol. The van der Waals surface area contributed by atoms with Gasteiger partial charge >= 0.3 is 0 Å². The first-order valence-electron chi connectivity index (χ1n) is 7.87. The van der Waals surface area contributed by atoms with E-state index in [0.29, 0.717) is 25.3 Å². The van der Waals surface area contributed by atoms with Crippen molar-refractivity contribution in [1.82, 2.24) is 4.90 Å². The molecule has 3 rings (SSSR count). The van der Waals surface area contributed by atoms with E-state index >= 15 is 0 Å². The topological polar surface area (TPSA) is 51.9 Å². The molecule has 0 bridgehead atoms. The van der Waals surface area contributed by atoms with Crippen LogP contribution in [-0.4, -0.2) is 49.8 Å². The molecule has 1 aromatic rings. The molecule has 1 amide bonds. The molecule has 2 aliphatic rings. The lowest BCUT2D eigenvalue weighted by Gasteiger charge is -2.50. The molecule has 2 fully saturated rings. The summed E-state index contributed by atoms with van der Waals surface area (Å²) in [5, 5.41) is 0. The largest absolute Gasteiger partial charge is 0.472 e. The van der Waals surface area contributed by atoms with Crippen molar-refractivity contribution >= 4 is 5.91 Å². The molecule has 2 aliphatic heterocycles. The molecule has 1 aromatic heterocycles. The van der Waals surface area contributed by atoms with Crippen molar-refractivity contribution in [1.29, 1.82) is 0 Å². The third kappa shape index (κ3) is 2.96. The van der Waals surface area contributed by atoms with E-state index in [4.69, 9.17) is 13.9 Å². The number of amides is 1. The van der Waals surface area contributed by atoms with Gasteiger partial charge in [0.25, 0.3) is 5.91 Å². The molecule has 0 spiro atoms. The highest BCUT2D eigenvalue weighted by atomic mass is 16.5. The summed E-state index contributed by atoms with van der Waals surface area (Å²) in [7, 11) is 0. The second-order valence-corrected chi connectivity index (χ2v) is 6.16. The molecule has 2 atom stereocenters. The van der Waals surface area contributed by atoms with Gasteiger partial charge in [-0.25, -0.2) is 0 Å². The molecule has 0 saturated carbocycles. The molecule has 2 saturated heterocycles. The van der Waals surface area contributed by atoms with Crippen LogP contribution in [-0.2, 0) is 9.47 Å². The summed E-state index contributed by atoms with van der Waals surface area (Å²) in [5.41, 5.74) is 0.510. The number of hydrogen-bond acceptors (Lipinski definition) is 4. The minimum Gasteiger partial charge on any atom is -0.472 e. The summed E-state index contributed by atoms with van der Waals surface area (Å²) in [5.74, 6) is 0.0286. The van der Waals surface area contributed by atoms with Gasteiger partial charge in [-0.15, -0.1) is 6.58 Å². The third-order valence-corrected chi connectivity index (χ3v) is 4.67. The summed E-state index contributed by atoms with van der Waals surface area (Å²) in [4.78, 5) is 14.5. The number of furan rings is 1. The Morgan fingerprint density at radius 3 is 3.27 bits per heavy atom. The highest BCUT2D eigenvalue weighted by molar-refractivity contribution is 5.93. The van der Waals surface area contributed by atoms with Crippen molar-refractivity contribution in [2.45, 2.75) is 25.4 Å². The molecule has 120 valence electrons. The Bertz CT molecular complexity index is 513. The zero-order chi connectivity index (χ0) is 15.4. The highest BCUT2D eigenvalue weighted by Gasteiger charge is 2.47. The van der Waals surface area contributed by atoms with Crippen LogP contribution in [0.2, 0.25) is 0 Å². The maximum atomic E-state index is 12.6. The van der Waals surface area contributed by atoms with Gasteiger partial charge in [0.2, 0.25) is 0 Å². The third-order valence-electron chi connectivity index (χ3n) is 4.67. The van der Waals surface area contributed by atoms with Gasteiger partial charge in [0.15, 0.2) is 0 Å². The van der Waals surface area contributed by atoms with Crippen LogP contribution < -0.4 is 0 Å². The van der Waals surface area contributed by atoms with Gasteiger partial charge in [0.1, 0.15) is 6.26 Å². The zero-order valence-corrected chi connectivity index (χ0v) is 12.8. The fourth-order valence-electron chi connectivity index (χ4n) is 3.59. The summed E-state index contributed by atoms with van der Waals surface area (Å²) in [6.45, 7) is 7.04. The zero-order valence-electron chi connectivity index (χ0n) is 12.8. The second kappa shape index (κ2) is 6.67. The first-order chi connectivity index (χ1) is 10.7. The first kappa shape index (κ1) is 15.3. The Labute approximate surface area is 130 Å². The van der Waals surface area contributed by atoms with Crippen LogP contribution >= 0.6 is 0 Å². The van der Waals surface area contributed by atoms with Crippen LogP contribution in [0.5, 0.6) is 0 Å². The Morgan fingerprint density at radius 1 is 1.59 bits per heavy atom. The van der Waals surface area contributed by atoms with Crippen molar-refractivity contribution in [3.05, 3.63) is 36.8 Å². The average molecular weight is 305 g/mol. The summed E-state index contributed by atoms with van der Waals surface area (Å²) in [6, 6.07) is 1.71. The number of ether oxygens (including phenoxy) is 2. The van der Waals surface area contributed by atoms with Crippen molar-refractivity contribution in [2.24, 2.45) is 5.41 Å². The Balaban J connectivity index is 1.74. The number of likely N-dealkylation sites (tertiary alicyclic amines) is 1. The fraction of sp³-hybridized carbons (Fsp3) is 0.588. The smallest absolute Gasteiger partial charge is 0.257 e. The molecular weight excluding hydrogens is 282 g/mol.